The van der Waals surface area contributed by atoms with Gasteiger partial charge in [-0.15, -0.1) is 11.3 Å². The van der Waals surface area contributed by atoms with Crippen molar-refractivity contribution in [3.63, 3.8) is 0 Å². The summed E-state index contributed by atoms with van der Waals surface area (Å²) in [7, 11) is 1.86. The van der Waals surface area contributed by atoms with Crippen LogP contribution in [0.3, 0.4) is 0 Å². The lowest BCUT2D eigenvalue weighted by Gasteiger charge is -2.19. The van der Waals surface area contributed by atoms with Gasteiger partial charge in [0.05, 0.1) is 3.79 Å². The first-order chi connectivity index (χ1) is 12.5. The number of aromatic nitrogens is 2. The fourth-order valence-corrected chi connectivity index (χ4v) is 4.31. The predicted molar refractivity (Wildman–Crippen MR) is 105 cm³/mol. The maximum absolute atomic E-state index is 13.7. The van der Waals surface area contributed by atoms with Crippen molar-refractivity contribution in [1.82, 2.24) is 14.9 Å². The summed E-state index contributed by atoms with van der Waals surface area (Å²) < 4.78 is 16.6. The van der Waals surface area contributed by atoms with Crippen LogP contribution < -0.4 is 5.32 Å². The predicted octanol–water partition coefficient (Wildman–Crippen LogP) is 4.61. The SMILES string of the molecule is Cn1ccnc1C(NC(=O)CCCc1ccc(Br)s1)c1cccc(F)c1. The van der Waals surface area contributed by atoms with Crippen molar-refractivity contribution in [1.29, 1.82) is 0 Å². The van der Waals surface area contributed by atoms with Crippen molar-refractivity contribution in [2.24, 2.45) is 7.05 Å². The highest BCUT2D eigenvalue weighted by Gasteiger charge is 2.21. The van der Waals surface area contributed by atoms with E-state index in [2.05, 4.69) is 32.3 Å². The lowest BCUT2D eigenvalue weighted by atomic mass is 10.1. The number of nitrogens with zero attached hydrogens (tertiary/aromatic N) is 2. The Hall–Kier alpha value is -1.99. The van der Waals surface area contributed by atoms with Crippen molar-refractivity contribution >= 4 is 33.2 Å². The third-order valence-electron chi connectivity index (χ3n) is 4.06. The van der Waals surface area contributed by atoms with Crippen LogP contribution in [0.2, 0.25) is 0 Å². The summed E-state index contributed by atoms with van der Waals surface area (Å²) in [5, 5.41) is 3.00. The zero-order chi connectivity index (χ0) is 18.5. The number of amides is 1. The summed E-state index contributed by atoms with van der Waals surface area (Å²) in [4.78, 5) is 18.0. The number of benzene rings is 1. The lowest BCUT2D eigenvalue weighted by molar-refractivity contribution is -0.121. The molecule has 1 amide bonds. The zero-order valence-electron chi connectivity index (χ0n) is 14.3. The van der Waals surface area contributed by atoms with E-state index in [0.717, 1.165) is 16.6 Å². The van der Waals surface area contributed by atoms with Crippen LogP contribution in [0.5, 0.6) is 0 Å². The quantitative estimate of drug-likeness (QED) is 0.588. The zero-order valence-corrected chi connectivity index (χ0v) is 16.7. The van der Waals surface area contributed by atoms with Gasteiger partial charge in [-0.25, -0.2) is 9.37 Å². The van der Waals surface area contributed by atoms with Crippen molar-refractivity contribution in [2.45, 2.75) is 25.3 Å². The van der Waals surface area contributed by atoms with Gasteiger partial charge in [-0.05, 0) is 58.6 Å². The highest BCUT2D eigenvalue weighted by molar-refractivity contribution is 9.11. The molecule has 0 saturated heterocycles. The van der Waals surface area contributed by atoms with Crippen molar-refractivity contribution < 1.29 is 9.18 Å². The first-order valence-electron chi connectivity index (χ1n) is 8.29. The topological polar surface area (TPSA) is 46.9 Å². The average molecular weight is 436 g/mol. The third-order valence-corrected chi connectivity index (χ3v) is 5.74. The van der Waals surface area contributed by atoms with Crippen LogP contribution in [-0.2, 0) is 18.3 Å². The highest BCUT2D eigenvalue weighted by atomic mass is 79.9. The van der Waals surface area contributed by atoms with E-state index in [1.807, 2.05) is 23.9 Å². The van der Waals surface area contributed by atoms with Gasteiger partial charge in [0, 0.05) is 30.7 Å². The number of imidazole rings is 1. The Balaban J connectivity index is 1.67. The fraction of sp³-hybridized carbons (Fsp3) is 0.263. The van der Waals surface area contributed by atoms with Crippen LogP contribution in [0, 0.1) is 5.82 Å². The number of nitrogens with one attached hydrogen (secondary N) is 1. The summed E-state index contributed by atoms with van der Waals surface area (Å²) in [6, 6.07) is 9.86. The Morgan fingerprint density at radius 3 is 2.88 bits per heavy atom. The van der Waals surface area contributed by atoms with E-state index in [1.54, 1.807) is 29.7 Å². The molecule has 1 aromatic carbocycles. The number of hydrogen-bond donors (Lipinski definition) is 1. The van der Waals surface area contributed by atoms with Gasteiger partial charge in [-0.2, -0.15) is 0 Å². The number of thiophene rings is 1. The van der Waals surface area contributed by atoms with E-state index in [1.165, 1.54) is 17.0 Å². The number of rotatable bonds is 7. The molecule has 0 spiro atoms. The molecule has 7 heteroatoms. The van der Waals surface area contributed by atoms with Crippen LogP contribution in [0.25, 0.3) is 0 Å². The molecule has 0 aliphatic rings. The monoisotopic (exact) mass is 435 g/mol. The maximum atomic E-state index is 13.7. The number of aryl methyl sites for hydroxylation is 2. The van der Waals surface area contributed by atoms with Crippen LogP contribution in [0.4, 0.5) is 4.39 Å². The Bertz CT molecular complexity index is 892. The molecule has 3 rings (SSSR count). The van der Waals surface area contributed by atoms with Gasteiger partial charge in [0.25, 0.3) is 0 Å². The van der Waals surface area contributed by atoms with E-state index >= 15 is 0 Å². The molecule has 26 heavy (non-hydrogen) atoms. The second-order valence-electron chi connectivity index (χ2n) is 6.01. The van der Waals surface area contributed by atoms with Gasteiger partial charge in [0.1, 0.15) is 17.7 Å². The van der Waals surface area contributed by atoms with Gasteiger partial charge < -0.3 is 9.88 Å². The highest BCUT2D eigenvalue weighted by Crippen LogP contribution is 2.24. The Morgan fingerprint density at radius 1 is 1.38 bits per heavy atom. The van der Waals surface area contributed by atoms with Crippen LogP contribution in [-0.4, -0.2) is 15.5 Å². The van der Waals surface area contributed by atoms with Gasteiger partial charge >= 0.3 is 0 Å². The van der Waals surface area contributed by atoms with Gasteiger partial charge in [-0.1, -0.05) is 12.1 Å². The maximum Gasteiger partial charge on any atom is 0.220 e. The van der Waals surface area contributed by atoms with E-state index in [9.17, 15) is 9.18 Å². The summed E-state index contributed by atoms with van der Waals surface area (Å²) in [6.45, 7) is 0. The van der Waals surface area contributed by atoms with Crippen LogP contribution in [0.15, 0.2) is 52.6 Å². The second kappa shape index (κ2) is 8.60. The number of carbonyl (C=O) groups excluding carboxylic acids is 1. The molecule has 2 aromatic heterocycles. The summed E-state index contributed by atoms with van der Waals surface area (Å²) in [5.74, 6) is 0.267. The molecule has 3 aromatic rings. The number of hydrogen-bond acceptors (Lipinski definition) is 3. The van der Waals surface area contributed by atoms with Gasteiger partial charge in [0.2, 0.25) is 5.91 Å². The summed E-state index contributed by atoms with van der Waals surface area (Å²) >= 11 is 5.13. The first kappa shape index (κ1) is 18.8. The summed E-state index contributed by atoms with van der Waals surface area (Å²) in [6.07, 6.45) is 5.50. The minimum Gasteiger partial charge on any atom is -0.342 e. The minimum absolute atomic E-state index is 0.0714. The smallest absolute Gasteiger partial charge is 0.220 e. The minimum atomic E-state index is -0.478. The van der Waals surface area contributed by atoms with Crippen LogP contribution in [0.1, 0.15) is 35.1 Å². The normalized spacial score (nSPS) is 12.1. The van der Waals surface area contributed by atoms with Crippen molar-refractivity contribution in [2.75, 3.05) is 0 Å². The summed E-state index contributed by atoms with van der Waals surface area (Å²) in [5.41, 5.74) is 0.676. The Labute approximate surface area is 164 Å². The molecule has 0 aliphatic carbocycles. The molecule has 1 atom stereocenters. The second-order valence-corrected chi connectivity index (χ2v) is 8.56. The molecule has 0 fully saturated rings. The molecule has 0 aliphatic heterocycles. The lowest BCUT2D eigenvalue weighted by Crippen LogP contribution is -2.31. The molecular weight excluding hydrogens is 417 g/mol. The molecule has 0 bridgehead atoms. The standard InChI is InChI=1S/C19H19BrFN3OS/c1-24-11-10-22-19(24)18(13-4-2-5-14(21)12-13)23-17(25)7-3-6-15-8-9-16(20)26-15/h2,4-5,8-12,18H,3,6-7H2,1H3,(H,23,25). The number of carbonyl (C=O) groups is 1. The first-order valence-corrected chi connectivity index (χ1v) is 9.90. The molecule has 2 heterocycles. The molecule has 1 N–H and O–H groups in total. The molecular formula is C19H19BrFN3OS. The van der Waals surface area contributed by atoms with Crippen molar-refractivity contribution in [3.05, 3.63) is 74.7 Å². The van der Waals surface area contributed by atoms with E-state index in [0.29, 0.717) is 17.8 Å². The fourth-order valence-electron chi connectivity index (χ4n) is 2.78. The van der Waals surface area contributed by atoms with E-state index in [4.69, 9.17) is 0 Å². The molecule has 4 nitrogen and oxygen atoms in total. The molecule has 136 valence electrons. The third kappa shape index (κ3) is 4.80. The molecule has 0 radical (unpaired) electrons. The Kier molecular flexibility index (Phi) is 6.21. The van der Waals surface area contributed by atoms with Gasteiger partial charge in [-0.3, -0.25) is 4.79 Å². The van der Waals surface area contributed by atoms with E-state index < -0.39 is 6.04 Å². The molecule has 1 unspecified atom stereocenters. The largest absolute Gasteiger partial charge is 0.342 e. The van der Waals surface area contributed by atoms with E-state index in [-0.39, 0.29) is 11.7 Å². The number of halogens is 2. The average Bonchev–Trinajstić information content (AvgIpc) is 3.21. The van der Waals surface area contributed by atoms with Crippen molar-refractivity contribution in [3.8, 4) is 0 Å². The molecule has 0 saturated carbocycles. The van der Waals surface area contributed by atoms with Gasteiger partial charge in [0.15, 0.2) is 0 Å². The Morgan fingerprint density at radius 2 is 2.23 bits per heavy atom. The van der Waals surface area contributed by atoms with Crippen LogP contribution >= 0.6 is 27.3 Å².